The van der Waals surface area contributed by atoms with Crippen LogP contribution in [0.4, 0.5) is 5.82 Å². The summed E-state index contributed by atoms with van der Waals surface area (Å²) in [5.41, 5.74) is 4.46. The Kier molecular flexibility index (Phi) is 5.49. The van der Waals surface area contributed by atoms with Gasteiger partial charge >= 0.3 is 0 Å². The summed E-state index contributed by atoms with van der Waals surface area (Å²) < 4.78 is 1.83. The first kappa shape index (κ1) is 22.9. The third-order valence-corrected chi connectivity index (χ3v) is 6.40. The first-order chi connectivity index (χ1) is 17.8. The van der Waals surface area contributed by atoms with Crippen LogP contribution in [0.25, 0.3) is 50.7 Å². The standard InChI is InChI=1S/C32H29N5/c1-21-28(18-14-22-13-15-23-9-5-7-11-25(23)19-22)33-31-34-29(30(37(31)36-21)35-32(2,3)4)27-17-16-24-10-6-8-12-26(24)20-27/h5-20,35H,1-4H3. The smallest absolute Gasteiger partial charge is 0.253 e. The van der Waals surface area contributed by atoms with Gasteiger partial charge < -0.3 is 5.32 Å². The predicted octanol–water partition coefficient (Wildman–Crippen LogP) is 7.79. The number of benzene rings is 4. The summed E-state index contributed by atoms with van der Waals surface area (Å²) in [6.07, 6.45) is 4.11. The fourth-order valence-electron chi connectivity index (χ4n) is 4.61. The number of fused-ring (bicyclic) bond motifs is 3. The molecule has 5 heteroatoms. The lowest BCUT2D eigenvalue weighted by Crippen LogP contribution is -2.27. The summed E-state index contributed by atoms with van der Waals surface area (Å²) in [6.45, 7) is 8.40. The van der Waals surface area contributed by atoms with Crippen molar-refractivity contribution in [1.82, 2.24) is 19.6 Å². The molecule has 0 saturated heterocycles. The van der Waals surface area contributed by atoms with Crippen molar-refractivity contribution in [3.8, 4) is 11.3 Å². The molecular weight excluding hydrogens is 454 g/mol. The average Bonchev–Trinajstić information content (AvgIpc) is 3.22. The molecule has 2 aromatic heterocycles. The van der Waals surface area contributed by atoms with Crippen LogP contribution in [0.2, 0.25) is 0 Å². The molecule has 1 N–H and O–H groups in total. The van der Waals surface area contributed by atoms with E-state index < -0.39 is 0 Å². The van der Waals surface area contributed by atoms with Crippen molar-refractivity contribution >= 4 is 45.3 Å². The van der Waals surface area contributed by atoms with E-state index in [-0.39, 0.29) is 5.54 Å². The first-order valence-corrected chi connectivity index (χ1v) is 12.6. The van der Waals surface area contributed by atoms with E-state index in [4.69, 9.17) is 15.1 Å². The van der Waals surface area contributed by atoms with Crippen LogP contribution >= 0.6 is 0 Å². The van der Waals surface area contributed by atoms with Crippen LogP contribution in [0.3, 0.4) is 0 Å². The lowest BCUT2D eigenvalue weighted by Gasteiger charge is -2.22. The monoisotopic (exact) mass is 483 g/mol. The Labute approximate surface area is 216 Å². The zero-order chi connectivity index (χ0) is 25.6. The lowest BCUT2D eigenvalue weighted by molar-refractivity contribution is 0.625. The van der Waals surface area contributed by atoms with Gasteiger partial charge in [-0.2, -0.15) is 9.61 Å². The summed E-state index contributed by atoms with van der Waals surface area (Å²) in [5, 5.41) is 13.4. The molecule has 5 nitrogen and oxygen atoms in total. The van der Waals surface area contributed by atoms with Crippen LogP contribution in [-0.2, 0) is 0 Å². The minimum absolute atomic E-state index is 0.175. The maximum atomic E-state index is 4.96. The van der Waals surface area contributed by atoms with Crippen molar-refractivity contribution in [1.29, 1.82) is 0 Å². The van der Waals surface area contributed by atoms with E-state index in [9.17, 15) is 0 Å². The molecule has 6 rings (SSSR count). The molecule has 182 valence electrons. The number of imidazole rings is 1. The molecule has 0 spiro atoms. The third kappa shape index (κ3) is 4.56. The number of hydrogen-bond donors (Lipinski definition) is 1. The summed E-state index contributed by atoms with van der Waals surface area (Å²) in [6, 6.07) is 29.6. The van der Waals surface area contributed by atoms with Crippen LogP contribution in [-0.4, -0.2) is 25.1 Å². The third-order valence-electron chi connectivity index (χ3n) is 6.40. The largest absolute Gasteiger partial charge is 0.363 e. The van der Waals surface area contributed by atoms with Gasteiger partial charge in [0.25, 0.3) is 5.78 Å². The Bertz CT molecular complexity index is 1800. The molecule has 0 amide bonds. The van der Waals surface area contributed by atoms with Gasteiger partial charge in [-0.05, 0) is 73.0 Å². The van der Waals surface area contributed by atoms with Gasteiger partial charge in [-0.3, -0.25) is 0 Å². The van der Waals surface area contributed by atoms with E-state index in [1.807, 2.05) is 17.5 Å². The molecule has 0 aliphatic rings. The minimum atomic E-state index is -0.175. The maximum Gasteiger partial charge on any atom is 0.253 e. The molecule has 4 aromatic carbocycles. The van der Waals surface area contributed by atoms with Crippen LogP contribution in [0.15, 0.2) is 84.9 Å². The van der Waals surface area contributed by atoms with Crippen molar-refractivity contribution in [2.75, 3.05) is 5.32 Å². The number of aromatic nitrogens is 4. The fourth-order valence-corrected chi connectivity index (χ4v) is 4.61. The Morgan fingerprint density at radius 3 is 2.08 bits per heavy atom. The lowest BCUT2D eigenvalue weighted by atomic mass is 10.0. The highest BCUT2D eigenvalue weighted by Crippen LogP contribution is 2.32. The first-order valence-electron chi connectivity index (χ1n) is 12.6. The number of anilines is 1. The van der Waals surface area contributed by atoms with Crippen LogP contribution < -0.4 is 5.32 Å². The highest BCUT2D eigenvalue weighted by atomic mass is 15.4. The quantitative estimate of drug-likeness (QED) is 0.278. The highest BCUT2D eigenvalue weighted by molar-refractivity contribution is 5.89. The number of nitrogens with one attached hydrogen (secondary N) is 1. The van der Waals surface area contributed by atoms with E-state index >= 15 is 0 Å². The molecule has 0 unspecified atom stereocenters. The van der Waals surface area contributed by atoms with E-state index in [1.54, 1.807) is 0 Å². The average molecular weight is 484 g/mol. The molecule has 0 atom stereocenters. The summed E-state index contributed by atoms with van der Waals surface area (Å²) in [4.78, 5) is 9.88. The van der Waals surface area contributed by atoms with Crippen molar-refractivity contribution in [3.63, 3.8) is 0 Å². The molecule has 0 aliphatic carbocycles. The summed E-state index contributed by atoms with van der Waals surface area (Å²) in [7, 11) is 0. The molecule has 0 saturated carbocycles. The van der Waals surface area contributed by atoms with Crippen LogP contribution in [0.5, 0.6) is 0 Å². The van der Waals surface area contributed by atoms with Gasteiger partial charge in [0, 0.05) is 11.1 Å². The Balaban J connectivity index is 1.45. The van der Waals surface area contributed by atoms with Gasteiger partial charge in [-0.15, -0.1) is 0 Å². The number of hydrogen-bond acceptors (Lipinski definition) is 4. The second kappa shape index (κ2) is 8.86. The molecule has 37 heavy (non-hydrogen) atoms. The van der Waals surface area contributed by atoms with Crippen molar-refractivity contribution < 1.29 is 0 Å². The van der Waals surface area contributed by atoms with Crippen LogP contribution in [0.1, 0.15) is 37.7 Å². The molecular formula is C32H29N5. The normalized spacial score (nSPS) is 12.2. The molecule has 0 bridgehead atoms. The van der Waals surface area contributed by atoms with Crippen LogP contribution in [0, 0.1) is 6.92 Å². The molecule has 0 aliphatic heterocycles. The van der Waals surface area contributed by atoms with Gasteiger partial charge in [-0.1, -0.05) is 78.9 Å². The minimum Gasteiger partial charge on any atom is -0.363 e. The van der Waals surface area contributed by atoms with Crippen molar-refractivity contribution in [2.45, 2.75) is 33.2 Å². The SMILES string of the molecule is Cc1nn2c(NC(C)(C)C)c(-c3ccc4ccccc4c3)nc2nc1C=Cc1ccc2ccccc2c1. The van der Waals surface area contributed by atoms with Gasteiger partial charge in [0.2, 0.25) is 0 Å². The molecule has 0 fully saturated rings. The fraction of sp³-hybridized carbons (Fsp3) is 0.156. The zero-order valence-corrected chi connectivity index (χ0v) is 21.5. The second-order valence-corrected chi connectivity index (χ2v) is 10.5. The van der Waals surface area contributed by atoms with Crippen molar-refractivity contribution in [2.24, 2.45) is 0 Å². The summed E-state index contributed by atoms with van der Waals surface area (Å²) >= 11 is 0. The highest BCUT2D eigenvalue weighted by Gasteiger charge is 2.22. The maximum absolute atomic E-state index is 4.96. The molecule has 6 aromatic rings. The summed E-state index contributed by atoms with van der Waals surface area (Å²) in [5.74, 6) is 1.41. The Hall–Kier alpha value is -4.51. The van der Waals surface area contributed by atoms with Gasteiger partial charge in [0.15, 0.2) is 5.82 Å². The van der Waals surface area contributed by atoms with E-state index in [0.717, 1.165) is 34.0 Å². The van der Waals surface area contributed by atoms with Gasteiger partial charge in [0.05, 0.1) is 11.4 Å². The van der Waals surface area contributed by atoms with Gasteiger partial charge in [0.1, 0.15) is 5.69 Å². The molecule has 2 heterocycles. The predicted molar refractivity (Wildman–Crippen MR) is 155 cm³/mol. The Morgan fingerprint density at radius 1 is 0.730 bits per heavy atom. The van der Waals surface area contributed by atoms with E-state index in [1.165, 1.54) is 21.5 Å². The Morgan fingerprint density at radius 2 is 1.38 bits per heavy atom. The van der Waals surface area contributed by atoms with E-state index in [2.05, 4.69) is 117 Å². The number of aryl methyl sites for hydroxylation is 1. The van der Waals surface area contributed by atoms with Crippen molar-refractivity contribution in [3.05, 3.63) is 102 Å². The number of rotatable bonds is 4. The van der Waals surface area contributed by atoms with E-state index in [0.29, 0.717) is 5.78 Å². The zero-order valence-electron chi connectivity index (χ0n) is 21.5. The molecule has 0 radical (unpaired) electrons. The number of nitrogens with zero attached hydrogens (tertiary/aromatic N) is 4. The van der Waals surface area contributed by atoms with Gasteiger partial charge in [-0.25, -0.2) is 9.97 Å². The second-order valence-electron chi connectivity index (χ2n) is 10.5. The topological polar surface area (TPSA) is 55.1 Å².